The highest BCUT2D eigenvalue weighted by Crippen LogP contribution is 2.28. The van der Waals surface area contributed by atoms with Gasteiger partial charge in [-0.25, -0.2) is 8.42 Å². The highest BCUT2D eigenvalue weighted by atomic mass is 32.2. The molecule has 1 amide bonds. The molecule has 0 aliphatic carbocycles. The smallest absolute Gasteiger partial charge is 0.243 e. The monoisotopic (exact) mass is 522 g/mol. The van der Waals surface area contributed by atoms with Crippen molar-refractivity contribution in [2.24, 2.45) is 0 Å². The standard InChI is InChI=1S/C32H30N2O3S/c1-25-16-18-28(19-17-25)24-38(36,37)31-22-33(30-15-9-8-14-29(30)31)23-32(35)34(20-26-10-4-2-5-11-26)21-27-12-6-3-7-13-27/h2-19,22H,20-21,23-24H2,1H3. The van der Waals surface area contributed by atoms with Crippen molar-refractivity contribution in [3.8, 4) is 0 Å². The fraction of sp³-hybridized carbons (Fsp3) is 0.156. The lowest BCUT2D eigenvalue weighted by Gasteiger charge is -2.23. The summed E-state index contributed by atoms with van der Waals surface area (Å²) in [7, 11) is -3.63. The average molecular weight is 523 g/mol. The SMILES string of the molecule is Cc1ccc(CS(=O)(=O)c2cn(CC(=O)N(Cc3ccccc3)Cc3ccccc3)c3ccccc23)cc1. The van der Waals surface area contributed by atoms with Crippen LogP contribution in [0.5, 0.6) is 0 Å². The molecule has 0 spiro atoms. The maximum atomic E-state index is 13.7. The first-order valence-electron chi connectivity index (χ1n) is 12.6. The molecule has 5 nitrogen and oxygen atoms in total. The van der Waals surface area contributed by atoms with Crippen LogP contribution in [0, 0.1) is 6.92 Å². The van der Waals surface area contributed by atoms with E-state index in [0.717, 1.165) is 27.8 Å². The van der Waals surface area contributed by atoms with E-state index in [4.69, 9.17) is 0 Å². The van der Waals surface area contributed by atoms with Crippen LogP contribution in [0.15, 0.2) is 120 Å². The Hall–Kier alpha value is -4.16. The number of aryl methyl sites for hydroxylation is 1. The molecule has 0 radical (unpaired) electrons. The van der Waals surface area contributed by atoms with Crippen LogP contribution in [-0.4, -0.2) is 23.8 Å². The maximum absolute atomic E-state index is 13.7. The number of hydrogen-bond acceptors (Lipinski definition) is 3. The van der Waals surface area contributed by atoms with E-state index in [1.54, 1.807) is 10.8 Å². The van der Waals surface area contributed by atoms with Gasteiger partial charge in [0.2, 0.25) is 5.91 Å². The molecule has 0 fully saturated rings. The largest absolute Gasteiger partial charge is 0.337 e. The summed E-state index contributed by atoms with van der Waals surface area (Å²) < 4.78 is 28.8. The Balaban J connectivity index is 1.45. The zero-order valence-electron chi connectivity index (χ0n) is 21.3. The summed E-state index contributed by atoms with van der Waals surface area (Å²) in [5.74, 6) is -0.176. The molecule has 0 aliphatic rings. The van der Waals surface area contributed by atoms with Crippen LogP contribution in [0.3, 0.4) is 0 Å². The third-order valence-corrected chi connectivity index (χ3v) is 8.36. The van der Waals surface area contributed by atoms with Crippen LogP contribution in [0.1, 0.15) is 22.3 Å². The zero-order chi connectivity index (χ0) is 26.5. The van der Waals surface area contributed by atoms with Gasteiger partial charge in [0.25, 0.3) is 0 Å². The molecule has 1 aromatic heterocycles. The Bertz CT molecular complexity index is 1600. The normalized spacial score (nSPS) is 11.5. The van der Waals surface area contributed by atoms with Gasteiger partial charge >= 0.3 is 0 Å². The fourth-order valence-electron chi connectivity index (χ4n) is 4.66. The van der Waals surface area contributed by atoms with E-state index in [9.17, 15) is 13.2 Å². The molecule has 0 bridgehead atoms. The zero-order valence-corrected chi connectivity index (χ0v) is 22.1. The summed E-state index contributed by atoms with van der Waals surface area (Å²) in [6.07, 6.45) is 1.62. The number of rotatable bonds is 9. The first-order chi connectivity index (χ1) is 18.4. The van der Waals surface area contributed by atoms with Crippen molar-refractivity contribution >= 4 is 26.6 Å². The van der Waals surface area contributed by atoms with Gasteiger partial charge in [-0.05, 0) is 29.7 Å². The molecule has 0 unspecified atom stereocenters. The minimum Gasteiger partial charge on any atom is -0.337 e. The second-order valence-electron chi connectivity index (χ2n) is 9.60. The number of carbonyl (C=O) groups is 1. The van der Waals surface area contributed by atoms with Gasteiger partial charge in [-0.3, -0.25) is 4.79 Å². The highest BCUT2D eigenvalue weighted by Gasteiger charge is 2.24. The Morgan fingerprint density at radius 1 is 0.711 bits per heavy atom. The number of aromatic nitrogens is 1. The second kappa shape index (κ2) is 11.1. The van der Waals surface area contributed by atoms with Gasteiger partial charge in [0, 0.05) is 30.2 Å². The highest BCUT2D eigenvalue weighted by molar-refractivity contribution is 7.90. The predicted molar refractivity (Wildman–Crippen MR) is 151 cm³/mol. The molecule has 0 saturated carbocycles. The van der Waals surface area contributed by atoms with Gasteiger partial charge in [-0.2, -0.15) is 0 Å². The van der Waals surface area contributed by atoms with E-state index in [1.165, 1.54) is 0 Å². The molecule has 0 aliphatic heterocycles. The van der Waals surface area contributed by atoms with E-state index in [-0.39, 0.29) is 23.1 Å². The summed E-state index contributed by atoms with van der Waals surface area (Å²) in [4.78, 5) is 15.8. The summed E-state index contributed by atoms with van der Waals surface area (Å²) in [6.45, 7) is 2.95. The summed E-state index contributed by atoms with van der Waals surface area (Å²) >= 11 is 0. The Kier molecular flexibility index (Phi) is 7.43. The number of carbonyl (C=O) groups excluding carboxylic acids is 1. The van der Waals surface area contributed by atoms with Gasteiger partial charge in [0.1, 0.15) is 6.54 Å². The number of fused-ring (bicyclic) bond motifs is 1. The van der Waals surface area contributed by atoms with Gasteiger partial charge < -0.3 is 9.47 Å². The van der Waals surface area contributed by atoms with Crippen LogP contribution in [0.2, 0.25) is 0 Å². The predicted octanol–water partition coefficient (Wildman–Crippen LogP) is 6.15. The van der Waals surface area contributed by atoms with Crippen LogP contribution < -0.4 is 0 Å². The summed E-state index contributed by atoms with van der Waals surface area (Å²) in [5, 5.41) is 0.630. The minimum atomic E-state index is -3.63. The fourth-order valence-corrected chi connectivity index (χ4v) is 6.24. The third kappa shape index (κ3) is 5.87. The average Bonchev–Trinajstić information content (AvgIpc) is 3.30. The number of para-hydroxylation sites is 1. The lowest BCUT2D eigenvalue weighted by atomic mass is 10.1. The van der Waals surface area contributed by atoms with Crippen LogP contribution in [0.4, 0.5) is 0 Å². The van der Waals surface area contributed by atoms with Crippen LogP contribution >= 0.6 is 0 Å². The molecule has 6 heteroatoms. The number of sulfone groups is 1. The molecule has 5 aromatic rings. The third-order valence-electron chi connectivity index (χ3n) is 6.66. The van der Waals surface area contributed by atoms with Crippen LogP contribution in [0.25, 0.3) is 10.9 Å². The van der Waals surface area contributed by atoms with E-state index in [0.29, 0.717) is 18.5 Å². The molecular formula is C32H30N2O3S. The quantitative estimate of drug-likeness (QED) is 0.233. The second-order valence-corrected chi connectivity index (χ2v) is 11.6. The molecule has 0 atom stereocenters. The van der Waals surface area contributed by atoms with Crippen molar-refractivity contribution in [1.29, 1.82) is 0 Å². The van der Waals surface area contributed by atoms with E-state index < -0.39 is 9.84 Å². The van der Waals surface area contributed by atoms with Crippen molar-refractivity contribution in [2.45, 2.75) is 37.2 Å². The molecule has 4 aromatic carbocycles. The number of nitrogens with zero attached hydrogens (tertiary/aromatic N) is 2. The van der Waals surface area contributed by atoms with E-state index in [2.05, 4.69) is 0 Å². The molecule has 38 heavy (non-hydrogen) atoms. The van der Waals surface area contributed by atoms with Crippen molar-refractivity contribution in [3.63, 3.8) is 0 Å². The maximum Gasteiger partial charge on any atom is 0.243 e. The molecule has 0 saturated heterocycles. The minimum absolute atomic E-state index is 0.0419. The first-order valence-corrected chi connectivity index (χ1v) is 14.3. The molecule has 0 N–H and O–H groups in total. The van der Waals surface area contributed by atoms with Crippen molar-refractivity contribution in [3.05, 3.63) is 138 Å². The van der Waals surface area contributed by atoms with E-state index in [1.807, 2.05) is 121 Å². The Morgan fingerprint density at radius 3 is 1.87 bits per heavy atom. The van der Waals surface area contributed by atoms with Gasteiger partial charge in [-0.1, -0.05) is 109 Å². The first kappa shape index (κ1) is 25.5. The van der Waals surface area contributed by atoms with Crippen LogP contribution in [-0.2, 0) is 40.0 Å². The Labute approximate surface area is 223 Å². The lowest BCUT2D eigenvalue weighted by molar-refractivity contribution is -0.133. The summed E-state index contributed by atoms with van der Waals surface area (Å²) in [5.41, 5.74) is 4.62. The lowest BCUT2D eigenvalue weighted by Crippen LogP contribution is -2.32. The van der Waals surface area contributed by atoms with E-state index >= 15 is 0 Å². The van der Waals surface area contributed by atoms with Gasteiger partial charge in [0.15, 0.2) is 9.84 Å². The molecule has 5 rings (SSSR count). The number of hydrogen-bond donors (Lipinski definition) is 0. The van der Waals surface area contributed by atoms with Gasteiger partial charge in [0.05, 0.1) is 10.6 Å². The molecular weight excluding hydrogens is 492 g/mol. The van der Waals surface area contributed by atoms with Crippen molar-refractivity contribution < 1.29 is 13.2 Å². The number of amides is 1. The van der Waals surface area contributed by atoms with Crippen molar-refractivity contribution in [2.75, 3.05) is 0 Å². The Morgan fingerprint density at radius 2 is 1.26 bits per heavy atom. The van der Waals surface area contributed by atoms with Crippen molar-refractivity contribution in [1.82, 2.24) is 9.47 Å². The number of benzene rings is 4. The molecule has 192 valence electrons. The van der Waals surface area contributed by atoms with Gasteiger partial charge in [-0.15, -0.1) is 0 Å². The topological polar surface area (TPSA) is 59.4 Å². The summed E-state index contributed by atoms with van der Waals surface area (Å²) in [6, 6.07) is 34.7. The molecule has 1 heterocycles.